The third-order valence-corrected chi connectivity index (χ3v) is 3.49. The smallest absolute Gasteiger partial charge is 0.246 e. The van der Waals surface area contributed by atoms with Crippen molar-refractivity contribution in [3.05, 3.63) is 34.9 Å². The largest absolute Gasteiger partial charge is 0.382 e. The fraction of sp³-hybridized carbons (Fsp3) is 0.611. The summed E-state index contributed by atoms with van der Waals surface area (Å²) in [7, 11) is 1.63. The van der Waals surface area contributed by atoms with E-state index >= 15 is 0 Å². The molecule has 0 aliphatic carbocycles. The van der Waals surface area contributed by atoms with Crippen LogP contribution in [0.5, 0.6) is 0 Å². The van der Waals surface area contributed by atoms with Gasteiger partial charge in [0.15, 0.2) is 0 Å². The van der Waals surface area contributed by atoms with Crippen LogP contribution in [-0.4, -0.2) is 46.1 Å². The molecule has 0 heterocycles. The molecular formula is C18H29NO4. The van der Waals surface area contributed by atoms with Crippen LogP contribution >= 0.6 is 0 Å². The Morgan fingerprint density at radius 1 is 1.13 bits per heavy atom. The van der Waals surface area contributed by atoms with Crippen LogP contribution in [0.3, 0.4) is 0 Å². The molecule has 0 spiro atoms. The van der Waals surface area contributed by atoms with Crippen molar-refractivity contribution >= 4 is 5.91 Å². The summed E-state index contributed by atoms with van der Waals surface area (Å²) < 4.78 is 15.4. The monoisotopic (exact) mass is 323 g/mol. The zero-order chi connectivity index (χ0) is 17.1. The van der Waals surface area contributed by atoms with E-state index in [0.29, 0.717) is 38.9 Å². The van der Waals surface area contributed by atoms with Crippen LogP contribution in [0.4, 0.5) is 0 Å². The highest BCUT2D eigenvalue weighted by Crippen LogP contribution is 2.20. The van der Waals surface area contributed by atoms with Crippen LogP contribution in [0.1, 0.15) is 36.5 Å². The Morgan fingerprint density at radius 3 is 2.52 bits per heavy atom. The molecule has 1 amide bonds. The Kier molecular flexibility index (Phi) is 9.52. The van der Waals surface area contributed by atoms with Crippen LogP contribution in [0.15, 0.2) is 18.2 Å². The third-order valence-electron chi connectivity index (χ3n) is 3.49. The maximum Gasteiger partial charge on any atom is 0.246 e. The number of rotatable bonds is 11. The number of methoxy groups -OCH3 is 1. The van der Waals surface area contributed by atoms with Crippen molar-refractivity contribution in [3.63, 3.8) is 0 Å². The first-order valence-corrected chi connectivity index (χ1v) is 8.05. The zero-order valence-corrected chi connectivity index (χ0v) is 14.7. The second-order valence-corrected chi connectivity index (χ2v) is 5.78. The second kappa shape index (κ2) is 11.2. The standard InChI is InChI=1S/C18H29NO4/c1-14(2)17-11-16(6-5-15(17)3)12-19-18(20)13-23-10-9-22-8-7-21-4/h5-6,11,14H,7-10,12-13H2,1-4H3,(H,19,20). The maximum atomic E-state index is 11.7. The van der Waals surface area contributed by atoms with Gasteiger partial charge in [-0.05, 0) is 29.5 Å². The van der Waals surface area contributed by atoms with Gasteiger partial charge < -0.3 is 19.5 Å². The fourth-order valence-corrected chi connectivity index (χ4v) is 2.20. The lowest BCUT2D eigenvalue weighted by atomic mass is 9.96. The van der Waals surface area contributed by atoms with E-state index in [9.17, 15) is 4.79 Å². The molecule has 5 heteroatoms. The summed E-state index contributed by atoms with van der Waals surface area (Å²) in [6.45, 7) is 9.00. The van der Waals surface area contributed by atoms with E-state index in [2.05, 4.69) is 38.2 Å². The molecule has 0 bridgehead atoms. The number of carbonyl (C=O) groups is 1. The average Bonchev–Trinajstić information content (AvgIpc) is 2.53. The molecule has 0 saturated heterocycles. The summed E-state index contributed by atoms with van der Waals surface area (Å²) in [6, 6.07) is 6.31. The predicted octanol–water partition coefficient (Wildman–Crippen LogP) is 2.41. The highest BCUT2D eigenvalue weighted by atomic mass is 16.5. The van der Waals surface area contributed by atoms with Crippen molar-refractivity contribution in [3.8, 4) is 0 Å². The molecule has 23 heavy (non-hydrogen) atoms. The Bertz CT molecular complexity index is 474. The molecule has 0 unspecified atom stereocenters. The van der Waals surface area contributed by atoms with Crippen LogP contribution in [0.25, 0.3) is 0 Å². The fourth-order valence-electron chi connectivity index (χ4n) is 2.20. The van der Waals surface area contributed by atoms with Crippen molar-refractivity contribution in [2.75, 3.05) is 40.1 Å². The summed E-state index contributed by atoms with van der Waals surface area (Å²) in [5.41, 5.74) is 3.71. The molecule has 0 aliphatic rings. The number of hydrogen-bond acceptors (Lipinski definition) is 4. The van der Waals surface area contributed by atoms with E-state index in [4.69, 9.17) is 14.2 Å². The van der Waals surface area contributed by atoms with Gasteiger partial charge in [-0.1, -0.05) is 32.0 Å². The SMILES string of the molecule is COCCOCCOCC(=O)NCc1ccc(C)c(C(C)C)c1. The average molecular weight is 323 g/mol. The normalized spacial score (nSPS) is 11.0. The first-order valence-electron chi connectivity index (χ1n) is 8.05. The lowest BCUT2D eigenvalue weighted by Crippen LogP contribution is -2.27. The van der Waals surface area contributed by atoms with Crippen molar-refractivity contribution in [1.82, 2.24) is 5.32 Å². The van der Waals surface area contributed by atoms with Gasteiger partial charge in [0.25, 0.3) is 0 Å². The first-order chi connectivity index (χ1) is 11.0. The Balaban J connectivity index is 2.22. The molecule has 0 aromatic heterocycles. The van der Waals surface area contributed by atoms with Crippen LogP contribution < -0.4 is 5.32 Å². The minimum absolute atomic E-state index is 0.0521. The van der Waals surface area contributed by atoms with Crippen LogP contribution in [0.2, 0.25) is 0 Å². The highest BCUT2D eigenvalue weighted by molar-refractivity contribution is 5.77. The lowest BCUT2D eigenvalue weighted by molar-refractivity contribution is -0.126. The Labute approximate surface area is 139 Å². The lowest BCUT2D eigenvalue weighted by Gasteiger charge is -2.12. The molecular weight excluding hydrogens is 294 g/mol. The number of benzene rings is 1. The summed E-state index contributed by atoms with van der Waals surface area (Å²) in [6.07, 6.45) is 0. The van der Waals surface area contributed by atoms with E-state index in [-0.39, 0.29) is 12.5 Å². The topological polar surface area (TPSA) is 56.8 Å². The van der Waals surface area contributed by atoms with E-state index < -0.39 is 0 Å². The molecule has 0 radical (unpaired) electrons. The molecule has 130 valence electrons. The number of amides is 1. The Morgan fingerprint density at radius 2 is 1.83 bits per heavy atom. The van der Waals surface area contributed by atoms with Crippen molar-refractivity contribution in [2.24, 2.45) is 0 Å². The molecule has 0 atom stereocenters. The van der Waals surface area contributed by atoms with Gasteiger partial charge in [-0.15, -0.1) is 0 Å². The molecule has 1 aromatic rings. The van der Waals surface area contributed by atoms with Gasteiger partial charge in [0.2, 0.25) is 5.91 Å². The quantitative estimate of drug-likeness (QED) is 0.635. The van der Waals surface area contributed by atoms with E-state index in [1.165, 1.54) is 11.1 Å². The van der Waals surface area contributed by atoms with E-state index in [0.717, 1.165) is 5.56 Å². The van der Waals surface area contributed by atoms with Gasteiger partial charge in [0.05, 0.1) is 26.4 Å². The molecule has 1 rings (SSSR count). The van der Waals surface area contributed by atoms with Gasteiger partial charge in [0, 0.05) is 13.7 Å². The molecule has 1 aromatic carbocycles. The highest BCUT2D eigenvalue weighted by Gasteiger charge is 2.06. The number of hydrogen-bond donors (Lipinski definition) is 1. The second-order valence-electron chi connectivity index (χ2n) is 5.78. The summed E-state index contributed by atoms with van der Waals surface area (Å²) in [5.74, 6) is 0.362. The molecule has 5 nitrogen and oxygen atoms in total. The van der Waals surface area contributed by atoms with Gasteiger partial charge in [0.1, 0.15) is 6.61 Å². The third kappa shape index (κ3) is 8.11. The summed E-state index contributed by atoms with van der Waals surface area (Å²) >= 11 is 0. The summed E-state index contributed by atoms with van der Waals surface area (Å²) in [5, 5.41) is 2.87. The minimum atomic E-state index is -0.117. The Hall–Kier alpha value is -1.43. The minimum Gasteiger partial charge on any atom is -0.382 e. The van der Waals surface area contributed by atoms with Crippen molar-refractivity contribution in [2.45, 2.75) is 33.2 Å². The molecule has 1 N–H and O–H groups in total. The molecule has 0 fully saturated rings. The number of nitrogens with one attached hydrogen (secondary N) is 1. The molecule has 0 aliphatic heterocycles. The van der Waals surface area contributed by atoms with Gasteiger partial charge in [-0.25, -0.2) is 0 Å². The number of aryl methyl sites for hydroxylation is 1. The molecule has 0 saturated carbocycles. The zero-order valence-electron chi connectivity index (χ0n) is 14.7. The van der Waals surface area contributed by atoms with E-state index in [1.54, 1.807) is 7.11 Å². The van der Waals surface area contributed by atoms with E-state index in [1.807, 2.05) is 6.07 Å². The maximum absolute atomic E-state index is 11.7. The van der Waals surface area contributed by atoms with Gasteiger partial charge >= 0.3 is 0 Å². The predicted molar refractivity (Wildman–Crippen MR) is 90.6 cm³/mol. The van der Waals surface area contributed by atoms with Crippen LogP contribution in [0, 0.1) is 6.92 Å². The first kappa shape index (κ1) is 19.6. The number of ether oxygens (including phenoxy) is 3. The summed E-state index contributed by atoms with van der Waals surface area (Å²) in [4.78, 5) is 11.7. The van der Waals surface area contributed by atoms with Gasteiger partial charge in [-0.3, -0.25) is 4.79 Å². The number of carbonyl (C=O) groups excluding carboxylic acids is 1. The van der Waals surface area contributed by atoms with Gasteiger partial charge in [-0.2, -0.15) is 0 Å². The van der Waals surface area contributed by atoms with Crippen molar-refractivity contribution in [1.29, 1.82) is 0 Å². The van der Waals surface area contributed by atoms with Crippen molar-refractivity contribution < 1.29 is 19.0 Å². The van der Waals surface area contributed by atoms with Crippen LogP contribution in [-0.2, 0) is 25.5 Å².